The number of carbonyl (C=O) groups is 3. The smallest absolute Gasteiger partial charge is 0.412 e. The second-order valence-electron chi connectivity index (χ2n) is 6.96. The van der Waals surface area contributed by atoms with Crippen molar-refractivity contribution in [1.29, 1.82) is 0 Å². The molecule has 1 atom stereocenters. The van der Waals surface area contributed by atoms with Gasteiger partial charge >= 0.3 is 12.1 Å². The number of benzene rings is 1. The number of aliphatic carboxylic acids is 1. The van der Waals surface area contributed by atoms with E-state index < -0.39 is 35.6 Å². The highest BCUT2D eigenvalue weighted by molar-refractivity contribution is 6.30. The first-order valence-corrected chi connectivity index (χ1v) is 10.3. The molecule has 2 rings (SSSR count). The Kier molecular flexibility index (Phi) is 9.95. The lowest BCUT2D eigenvalue weighted by molar-refractivity contribution is -0.137. The average molecular weight is 485 g/mol. The summed E-state index contributed by atoms with van der Waals surface area (Å²) in [6, 6.07) is 5.86. The molecular weight excluding hydrogens is 462 g/mol. The molecule has 0 spiro atoms. The minimum Gasteiger partial charge on any atom is -0.481 e. The lowest BCUT2D eigenvalue weighted by atomic mass is 10.1. The van der Waals surface area contributed by atoms with E-state index in [9.17, 15) is 23.2 Å². The number of nitrogens with one attached hydrogen (secondary N) is 2. The maximum absolute atomic E-state index is 14.0. The first kappa shape index (κ1) is 25.9. The van der Waals surface area contributed by atoms with Crippen LogP contribution in [0.25, 0.3) is 0 Å². The number of carbonyl (C=O) groups excluding carboxylic acids is 2. The maximum atomic E-state index is 14.0. The molecule has 0 saturated heterocycles. The summed E-state index contributed by atoms with van der Waals surface area (Å²) < 4.78 is 32.6. The largest absolute Gasteiger partial charge is 0.481 e. The van der Waals surface area contributed by atoms with E-state index in [1.165, 1.54) is 37.4 Å². The summed E-state index contributed by atoms with van der Waals surface area (Å²) in [5, 5.41) is 12.8. The molecule has 2 aromatic rings. The van der Waals surface area contributed by atoms with Crippen molar-refractivity contribution in [2.24, 2.45) is 0 Å². The summed E-state index contributed by atoms with van der Waals surface area (Å²) in [7, 11) is 0. The van der Waals surface area contributed by atoms with Crippen molar-refractivity contribution >= 4 is 35.4 Å². The second-order valence-corrected chi connectivity index (χ2v) is 7.40. The molecule has 2 amide bonds. The fourth-order valence-electron chi connectivity index (χ4n) is 2.89. The quantitative estimate of drug-likeness (QED) is 0.415. The van der Waals surface area contributed by atoms with E-state index in [1.54, 1.807) is 0 Å². The van der Waals surface area contributed by atoms with Gasteiger partial charge in [-0.2, -0.15) is 0 Å². The van der Waals surface area contributed by atoms with Gasteiger partial charge in [0.1, 0.15) is 12.4 Å². The summed E-state index contributed by atoms with van der Waals surface area (Å²) in [4.78, 5) is 39.1. The molecule has 0 aliphatic heterocycles. The lowest BCUT2D eigenvalue weighted by Crippen LogP contribution is -2.50. The Morgan fingerprint density at radius 3 is 2.64 bits per heavy atom. The molecule has 9 nitrogen and oxygen atoms in total. The van der Waals surface area contributed by atoms with Crippen molar-refractivity contribution in [1.82, 2.24) is 15.4 Å². The van der Waals surface area contributed by atoms with E-state index >= 15 is 0 Å². The number of halogens is 3. The number of hydrogen-bond donors (Lipinski definition) is 3. The number of hydrogen-bond acceptors (Lipinski definition) is 6. The molecule has 12 heteroatoms. The van der Waals surface area contributed by atoms with Crippen LogP contribution in [0.2, 0.25) is 5.02 Å². The number of anilines is 1. The molecule has 33 heavy (non-hydrogen) atoms. The molecule has 0 aliphatic rings. The Morgan fingerprint density at radius 1 is 1.24 bits per heavy atom. The Balaban J connectivity index is 2.06. The number of pyridine rings is 1. The van der Waals surface area contributed by atoms with Gasteiger partial charge in [-0.3, -0.25) is 19.9 Å². The van der Waals surface area contributed by atoms with Gasteiger partial charge in [-0.05, 0) is 31.0 Å². The number of aromatic nitrogens is 1. The maximum Gasteiger partial charge on any atom is 0.412 e. The van der Waals surface area contributed by atoms with Crippen LogP contribution in [0.5, 0.6) is 0 Å². The van der Waals surface area contributed by atoms with Gasteiger partial charge in [-0.15, -0.1) is 0 Å². The molecule has 1 aromatic heterocycles. The van der Waals surface area contributed by atoms with Gasteiger partial charge in [0.15, 0.2) is 11.6 Å². The van der Waals surface area contributed by atoms with Crippen molar-refractivity contribution in [3.05, 3.63) is 58.7 Å². The Bertz CT molecular complexity index is 978. The van der Waals surface area contributed by atoms with Crippen molar-refractivity contribution in [2.45, 2.75) is 38.8 Å². The van der Waals surface area contributed by atoms with E-state index in [0.29, 0.717) is 5.02 Å². The monoisotopic (exact) mass is 484 g/mol. The topological polar surface area (TPSA) is 121 Å². The molecule has 0 aliphatic carbocycles. The Morgan fingerprint density at radius 2 is 2.00 bits per heavy atom. The number of rotatable bonds is 11. The van der Waals surface area contributed by atoms with E-state index in [1.807, 2.05) is 0 Å². The van der Waals surface area contributed by atoms with Crippen LogP contribution in [0.4, 0.5) is 19.4 Å². The zero-order valence-corrected chi connectivity index (χ0v) is 18.4. The number of amides is 2. The molecule has 178 valence electrons. The Labute approximate surface area is 193 Å². The summed E-state index contributed by atoms with van der Waals surface area (Å²) in [6.45, 7) is 0.716. The van der Waals surface area contributed by atoms with Gasteiger partial charge in [0, 0.05) is 31.6 Å². The van der Waals surface area contributed by atoms with Crippen LogP contribution in [0, 0.1) is 11.6 Å². The first-order chi connectivity index (χ1) is 15.7. The molecule has 0 saturated carbocycles. The Hall–Kier alpha value is -3.31. The third-order valence-corrected chi connectivity index (χ3v) is 4.69. The van der Waals surface area contributed by atoms with E-state index in [4.69, 9.17) is 21.4 Å². The van der Waals surface area contributed by atoms with Gasteiger partial charge in [-0.25, -0.2) is 24.0 Å². The third-order valence-electron chi connectivity index (χ3n) is 4.47. The summed E-state index contributed by atoms with van der Waals surface area (Å²) >= 11 is 5.74. The summed E-state index contributed by atoms with van der Waals surface area (Å²) in [5.74, 6) is -3.41. The molecule has 3 N–H and O–H groups in total. The molecular formula is C21H23ClF2N4O5. The van der Waals surface area contributed by atoms with Gasteiger partial charge < -0.3 is 9.84 Å². The number of ether oxygens (including phenoxy) is 1. The molecule has 0 fully saturated rings. The lowest BCUT2D eigenvalue weighted by Gasteiger charge is -2.31. The SMILES string of the molecule is CC(=O)N(NCc1cccc(F)c1F)[C@@H](CCCC(=O)O)COC(=O)Nc1ccc(Cl)cn1. The third kappa shape index (κ3) is 8.62. The number of carboxylic acid groups (broad SMARTS) is 1. The van der Waals surface area contributed by atoms with E-state index in [2.05, 4.69) is 15.7 Å². The van der Waals surface area contributed by atoms with Crippen LogP contribution in [0.3, 0.4) is 0 Å². The predicted octanol–water partition coefficient (Wildman–Crippen LogP) is 3.74. The molecule has 0 bridgehead atoms. The van der Waals surface area contributed by atoms with Gasteiger partial charge in [0.25, 0.3) is 0 Å². The second kappa shape index (κ2) is 12.7. The molecule has 1 aromatic carbocycles. The summed E-state index contributed by atoms with van der Waals surface area (Å²) in [5.41, 5.74) is 2.70. The van der Waals surface area contributed by atoms with Crippen molar-refractivity contribution < 1.29 is 33.0 Å². The van der Waals surface area contributed by atoms with Crippen LogP contribution in [-0.4, -0.2) is 45.7 Å². The van der Waals surface area contributed by atoms with E-state index in [-0.39, 0.29) is 43.8 Å². The van der Waals surface area contributed by atoms with Crippen molar-refractivity contribution in [3.63, 3.8) is 0 Å². The number of nitrogens with zero attached hydrogens (tertiary/aromatic N) is 2. The molecule has 0 radical (unpaired) electrons. The highest BCUT2D eigenvalue weighted by Gasteiger charge is 2.24. The highest BCUT2D eigenvalue weighted by Crippen LogP contribution is 2.14. The van der Waals surface area contributed by atoms with Gasteiger partial charge in [-0.1, -0.05) is 23.7 Å². The van der Waals surface area contributed by atoms with Crippen LogP contribution in [0.15, 0.2) is 36.5 Å². The van der Waals surface area contributed by atoms with Crippen molar-refractivity contribution in [2.75, 3.05) is 11.9 Å². The van der Waals surface area contributed by atoms with Crippen LogP contribution in [-0.2, 0) is 20.9 Å². The highest BCUT2D eigenvalue weighted by atomic mass is 35.5. The zero-order valence-electron chi connectivity index (χ0n) is 17.7. The fourth-order valence-corrected chi connectivity index (χ4v) is 3.00. The normalized spacial score (nSPS) is 11.5. The van der Waals surface area contributed by atoms with E-state index in [0.717, 1.165) is 11.1 Å². The minimum atomic E-state index is -1.05. The van der Waals surface area contributed by atoms with Crippen LogP contribution >= 0.6 is 11.6 Å². The molecule has 1 heterocycles. The minimum absolute atomic E-state index is 0.0157. The zero-order chi connectivity index (χ0) is 24.4. The van der Waals surface area contributed by atoms with Crippen LogP contribution in [0.1, 0.15) is 31.7 Å². The first-order valence-electron chi connectivity index (χ1n) is 9.90. The van der Waals surface area contributed by atoms with Crippen molar-refractivity contribution in [3.8, 4) is 0 Å². The standard InChI is InChI=1S/C21H23ClF2N4O5/c1-13(29)28(26-10-14-4-2-6-17(23)20(14)24)16(5-3-7-19(30)31)12-33-21(32)27-18-9-8-15(22)11-25-18/h2,4,6,8-9,11,16,26H,3,5,7,10,12H2,1H3,(H,30,31)(H,25,27,32)/t16-/m0/s1. The number of hydrazine groups is 1. The van der Waals surface area contributed by atoms with Gasteiger partial charge in [0.2, 0.25) is 5.91 Å². The van der Waals surface area contributed by atoms with Gasteiger partial charge in [0.05, 0.1) is 11.1 Å². The number of carboxylic acids is 1. The van der Waals surface area contributed by atoms with Crippen LogP contribution < -0.4 is 10.7 Å². The average Bonchev–Trinajstić information content (AvgIpc) is 2.75. The summed E-state index contributed by atoms with van der Waals surface area (Å²) in [6.07, 6.45) is 0.661. The predicted molar refractivity (Wildman–Crippen MR) is 115 cm³/mol. The molecule has 0 unspecified atom stereocenters. The fraction of sp³-hybridized carbons (Fsp3) is 0.333.